The van der Waals surface area contributed by atoms with Gasteiger partial charge in [0.05, 0.1) is 12.0 Å². The van der Waals surface area contributed by atoms with Gasteiger partial charge in [0, 0.05) is 11.3 Å². The molecule has 1 N–H and O–H groups in total. The van der Waals surface area contributed by atoms with Crippen molar-refractivity contribution in [1.29, 1.82) is 0 Å². The predicted molar refractivity (Wildman–Crippen MR) is 100 cm³/mol. The fraction of sp³-hybridized carbons (Fsp3) is 0.435. The monoisotopic (exact) mass is 346 g/mol. The summed E-state index contributed by atoms with van der Waals surface area (Å²) in [4.78, 5) is 11.7. The van der Waals surface area contributed by atoms with Crippen LogP contribution in [0.2, 0.25) is 0 Å². The lowest BCUT2D eigenvalue weighted by Crippen LogP contribution is -2.37. The quantitative estimate of drug-likeness (QED) is 0.917. The third kappa shape index (κ3) is 2.22. The number of carbonyl (C=O) groups is 1. The van der Waals surface area contributed by atoms with E-state index in [1.807, 2.05) is 6.07 Å². The van der Waals surface area contributed by atoms with Gasteiger partial charge in [0.15, 0.2) is 0 Å². The van der Waals surface area contributed by atoms with Crippen molar-refractivity contribution in [3.05, 3.63) is 64.7 Å². The Balaban J connectivity index is 1.64. The van der Waals surface area contributed by atoms with Gasteiger partial charge < -0.3 is 15.2 Å². The SMILES string of the molecule is CCc1ccc([C@H]2Nc3c(C(=O)[O-])cccc3[C@H]3[C@H]4CC[C@@H](C4)[C@H]32)cc1. The molecule has 26 heavy (non-hydrogen) atoms. The molecule has 2 aliphatic carbocycles. The van der Waals surface area contributed by atoms with E-state index in [4.69, 9.17) is 0 Å². The summed E-state index contributed by atoms with van der Waals surface area (Å²) in [6.07, 6.45) is 4.91. The molecule has 1 aliphatic heterocycles. The number of benzene rings is 2. The van der Waals surface area contributed by atoms with Crippen molar-refractivity contribution in [1.82, 2.24) is 0 Å². The van der Waals surface area contributed by atoms with Crippen LogP contribution < -0.4 is 10.4 Å². The lowest BCUT2D eigenvalue weighted by Gasteiger charge is -2.44. The van der Waals surface area contributed by atoms with E-state index >= 15 is 0 Å². The highest BCUT2D eigenvalue weighted by molar-refractivity contribution is 5.94. The van der Waals surface area contributed by atoms with Crippen LogP contribution in [0.1, 0.15) is 65.2 Å². The van der Waals surface area contributed by atoms with Crippen LogP contribution in [-0.4, -0.2) is 5.97 Å². The zero-order valence-electron chi connectivity index (χ0n) is 15.1. The summed E-state index contributed by atoms with van der Waals surface area (Å²) in [6, 6.07) is 14.7. The number of hydrogen-bond acceptors (Lipinski definition) is 3. The highest BCUT2D eigenvalue weighted by Gasteiger charge is 2.54. The smallest absolute Gasteiger partial charge is 0.0736 e. The molecule has 1 heterocycles. The predicted octanol–water partition coefficient (Wildman–Crippen LogP) is 3.91. The molecule has 0 amide bonds. The van der Waals surface area contributed by atoms with Gasteiger partial charge in [-0.05, 0) is 66.0 Å². The molecule has 0 radical (unpaired) electrons. The van der Waals surface area contributed by atoms with E-state index in [1.54, 1.807) is 6.07 Å². The maximum Gasteiger partial charge on any atom is 0.0736 e. The molecule has 0 unspecified atom stereocenters. The van der Waals surface area contributed by atoms with Crippen LogP contribution in [0, 0.1) is 17.8 Å². The molecular formula is C23H24NO2-. The average Bonchev–Trinajstić information content (AvgIpc) is 3.29. The first-order chi connectivity index (χ1) is 12.7. The Morgan fingerprint density at radius 2 is 1.88 bits per heavy atom. The van der Waals surface area contributed by atoms with E-state index in [0.717, 1.165) is 18.0 Å². The number of aryl methyl sites for hydroxylation is 1. The highest BCUT2D eigenvalue weighted by Crippen LogP contribution is 2.63. The third-order valence-electron chi connectivity index (χ3n) is 7.09. The van der Waals surface area contributed by atoms with E-state index < -0.39 is 5.97 Å². The van der Waals surface area contributed by atoms with Crippen LogP contribution in [0.4, 0.5) is 5.69 Å². The minimum Gasteiger partial charge on any atom is -0.545 e. The Bertz CT molecular complexity index is 857. The van der Waals surface area contributed by atoms with Crippen molar-refractivity contribution in [2.75, 3.05) is 5.32 Å². The van der Waals surface area contributed by atoms with Crippen molar-refractivity contribution >= 4 is 11.7 Å². The van der Waals surface area contributed by atoms with Gasteiger partial charge in [-0.2, -0.15) is 0 Å². The van der Waals surface area contributed by atoms with Gasteiger partial charge in [-0.1, -0.05) is 49.4 Å². The number of para-hydroxylation sites is 1. The van der Waals surface area contributed by atoms with Crippen LogP contribution in [0.25, 0.3) is 0 Å². The molecule has 3 heteroatoms. The zero-order valence-corrected chi connectivity index (χ0v) is 15.1. The summed E-state index contributed by atoms with van der Waals surface area (Å²) >= 11 is 0. The van der Waals surface area contributed by atoms with Crippen LogP contribution in [0.15, 0.2) is 42.5 Å². The van der Waals surface area contributed by atoms with Crippen molar-refractivity contribution in [3.63, 3.8) is 0 Å². The van der Waals surface area contributed by atoms with E-state index in [2.05, 4.69) is 42.6 Å². The molecule has 3 aliphatic rings. The number of carboxylic acids is 1. The second kappa shape index (κ2) is 5.87. The number of carbonyl (C=O) groups excluding carboxylic acids is 1. The molecular weight excluding hydrogens is 322 g/mol. The number of hydrogen-bond donors (Lipinski definition) is 1. The molecule has 2 saturated carbocycles. The van der Waals surface area contributed by atoms with Crippen LogP contribution in [-0.2, 0) is 6.42 Å². The minimum atomic E-state index is -1.09. The van der Waals surface area contributed by atoms with Crippen molar-refractivity contribution < 1.29 is 9.90 Å². The van der Waals surface area contributed by atoms with E-state index in [1.165, 1.54) is 36.0 Å². The first-order valence-corrected chi connectivity index (χ1v) is 9.87. The van der Waals surface area contributed by atoms with Gasteiger partial charge in [0.25, 0.3) is 0 Å². The molecule has 2 aromatic rings. The summed E-state index contributed by atoms with van der Waals surface area (Å²) in [6.45, 7) is 2.17. The van der Waals surface area contributed by atoms with Crippen molar-refractivity contribution in [2.45, 2.75) is 44.6 Å². The third-order valence-corrected chi connectivity index (χ3v) is 7.09. The van der Waals surface area contributed by atoms with Crippen LogP contribution in [0.3, 0.4) is 0 Å². The summed E-state index contributed by atoms with van der Waals surface area (Å²) in [7, 11) is 0. The van der Waals surface area contributed by atoms with E-state index in [9.17, 15) is 9.90 Å². The first-order valence-electron chi connectivity index (χ1n) is 9.87. The van der Waals surface area contributed by atoms with Crippen LogP contribution >= 0.6 is 0 Å². The molecule has 0 spiro atoms. The second-order valence-electron chi connectivity index (χ2n) is 8.21. The topological polar surface area (TPSA) is 52.2 Å². The Morgan fingerprint density at radius 3 is 2.62 bits per heavy atom. The first kappa shape index (κ1) is 15.9. The van der Waals surface area contributed by atoms with Crippen molar-refractivity contribution in [3.8, 4) is 0 Å². The second-order valence-corrected chi connectivity index (χ2v) is 8.21. The molecule has 2 aromatic carbocycles. The number of nitrogens with one attached hydrogen (secondary N) is 1. The number of fused-ring (bicyclic) bond motifs is 7. The average molecular weight is 346 g/mol. The number of anilines is 1. The lowest BCUT2D eigenvalue weighted by molar-refractivity contribution is -0.254. The van der Waals surface area contributed by atoms with Crippen LogP contribution in [0.5, 0.6) is 0 Å². The van der Waals surface area contributed by atoms with Gasteiger partial charge in [-0.3, -0.25) is 0 Å². The summed E-state index contributed by atoms with van der Waals surface area (Å²) in [5.74, 6) is 1.38. The normalized spacial score (nSPS) is 31.2. The molecule has 2 bridgehead atoms. The Kier molecular flexibility index (Phi) is 3.59. The molecule has 0 aromatic heterocycles. The molecule has 2 fully saturated rings. The Morgan fingerprint density at radius 1 is 1.12 bits per heavy atom. The van der Waals surface area contributed by atoms with E-state index in [0.29, 0.717) is 23.3 Å². The summed E-state index contributed by atoms with van der Waals surface area (Å²) < 4.78 is 0. The molecule has 0 saturated heterocycles. The highest BCUT2D eigenvalue weighted by atomic mass is 16.4. The zero-order chi connectivity index (χ0) is 17.8. The van der Waals surface area contributed by atoms with Gasteiger partial charge in [-0.25, -0.2) is 0 Å². The van der Waals surface area contributed by atoms with E-state index in [-0.39, 0.29) is 6.04 Å². The fourth-order valence-corrected chi connectivity index (χ4v) is 5.97. The minimum absolute atomic E-state index is 0.189. The van der Waals surface area contributed by atoms with Gasteiger partial charge >= 0.3 is 0 Å². The Hall–Kier alpha value is -2.29. The number of aromatic carboxylic acids is 1. The van der Waals surface area contributed by atoms with Crippen molar-refractivity contribution in [2.24, 2.45) is 17.8 Å². The van der Waals surface area contributed by atoms with Gasteiger partial charge in [-0.15, -0.1) is 0 Å². The molecule has 3 nitrogen and oxygen atoms in total. The maximum atomic E-state index is 11.7. The number of carboxylic acid groups (broad SMARTS) is 1. The lowest BCUT2D eigenvalue weighted by atomic mass is 9.67. The standard InChI is InChI=1S/C23H25NO2/c1-2-13-6-8-14(9-7-13)21-20-16-11-10-15(12-16)19(20)17-4-3-5-18(23(25)26)22(17)24-21/h3-9,15-16,19-21,24H,2,10-12H2,1H3,(H,25,26)/p-1/t15-,16-,19+,20+,21+/m0/s1. The fourth-order valence-electron chi connectivity index (χ4n) is 5.97. The summed E-state index contributed by atoms with van der Waals surface area (Å²) in [5.41, 5.74) is 4.92. The maximum absolute atomic E-state index is 11.7. The molecule has 134 valence electrons. The van der Waals surface area contributed by atoms with Gasteiger partial charge in [0.2, 0.25) is 0 Å². The molecule has 5 atom stereocenters. The largest absolute Gasteiger partial charge is 0.545 e. The number of rotatable bonds is 3. The van der Waals surface area contributed by atoms with Gasteiger partial charge in [0.1, 0.15) is 0 Å². The Labute approximate surface area is 154 Å². The molecule has 5 rings (SSSR count). The summed E-state index contributed by atoms with van der Waals surface area (Å²) in [5, 5.41) is 15.3.